The van der Waals surface area contributed by atoms with Crippen molar-refractivity contribution in [1.29, 1.82) is 0 Å². The zero-order chi connectivity index (χ0) is 14.4. The molecule has 0 saturated heterocycles. The molecule has 2 rings (SSSR count). The molecule has 3 heteroatoms. The minimum atomic E-state index is -0.0304. The molecule has 2 aromatic rings. The quantitative estimate of drug-likeness (QED) is 0.386. The Bertz CT molecular complexity index is 639. The first kappa shape index (κ1) is 17.0. The molecule has 0 spiro atoms. The second-order valence-electron chi connectivity index (χ2n) is 4.45. The van der Waals surface area contributed by atoms with E-state index in [0.717, 1.165) is 5.56 Å². The van der Waals surface area contributed by atoms with Crippen LogP contribution < -0.4 is 10.1 Å². The maximum absolute atomic E-state index is 11.2. The van der Waals surface area contributed by atoms with Crippen molar-refractivity contribution < 1.29 is 10.1 Å². The van der Waals surface area contributed by atoms with E-state index < -0.39 is 0 Å². The zero-order valence-corrected chi connectivity index (χ0v) is 12.5. The number of hydrogen-bond acceptors (Lipinski definition) is 1. The molecule has 0 aromatic heterocycles. The summed E-state index contributed by atoms with van der Waals surface area (Å²) in [6.45, 7) is 5.12. The van der Waals surface area contributed by atoms with Gasteiger partial charge in [0.15, 0.2) is 11.9 Å². The Kier molecular flexibility index (Phi) is 6.75. The fraction of sp³-hybridized carbons (Fsp3) is 0.0556. The van der Waals surface area contributed by atoms with Gasteiger partial charge >= 0.3 is 0 Å². The number of benzene rings is 2. The summed E-state index contributed by atoms with van der Waals surface area (Å²) in [5.74, 6) is -0.0304. The van der Waals surface area contributed by atoms with E-state index in [0.29, 0.717) is 5.70 Å². The molecule has 2 nitrogen and oxygen atoms in total. The summed E-state index contributed by atoms with van der Waals surface area (Å²) < 4.78 is 0. The summed E-state index contributed by atoms with van der Waals surface area (Å²) in [6.07, 6.45) is 3.32. The van der Waals surface area contributed by atoms with Crippen molar-refractivity contribution in [2.45, 2.75) is 6.92 Å². The van der Waals surface area contributed by atoms with E-state index in [2.05, 4.69) is 35.8 Å². The van der Waals surface area contributed by atoms with E-state index in [-0.39, 0.29) is 24.6 Å². The predicted octanol–water partition coefficient (Wildman–Crippen LogP) is 1.25. The molecule has 21 heavy (non-hydrogen) atoms. The first-order chi connectivity index (χ1) is 9.70. The van der Waals surface area contributed by atoms with Crippen LogP contribution in [0.1, 0.15) is 12.5 Å². The van der Waals surface area contributed by atoms with Crippen LogP contribution in [0.5, 0.6) is 0 Å². The van der Waals surface area contributed by atoms with Gasteiger partial charge in [-0.1, -0.05) is 54.8 Å². The average Bonchev–Trinajstić information content (AvgIpc) is 2.49. The fourth-order valence-electron chi connectivity index (χ4n) is 1.87. The van der Waals surface area contributed by atoms with Crippen LogP contribution in [-0.4, -0.2) is 25.1 Å². The Morgan fingerprint density at radius 1 is 1.00 bits per heavy atom. The Morgan fingerprint density at radius 3 is 2.10 bits per heavy atom. The number of allylic oxidation sites excluding steroid dienone is 2. The van der Waals surface area contributed by atoms with Crippen molar-refractivity contribution in [3.63, 3.8) is 0 Å². The molecular formula is C18H17LiNO-. The minimum absolute atomic E-state index is 0. The van der Waals surface area contributed by atoms with Crippen LogP contribution in [0.2, 0.25) is 0 Å². The van der Waals surface area contributed by atoms with Gasteiger partial charge in [0.2, 0.25) is 0 Å². The van der Waals surface area contributed by atoms with Crippen LogP contribution in [0.3, 0.4) is 0 Å². The summed E-state index contributed by atoms with van der Waals surface area (Å²) in [5.41, 5.74) is 3.86. The third kappa shape index (κ3) is 4.79. The molecular weight excluding hydrogens is 253 g/mol. The van der Waals surface area contributed by atoms with Gasteiger partial charge in [-0.05, 0) is 30.2 Å². The second kappa shape index (κ2) is 8.31. The number of nitrogens with one attached hydrogen (secondary N) is 1. The third-order valence-electron chi connectivity index (χ3n) is 3.00. The van der Waals surface area contributed by atoms with Crippen molar-refractivity contribution in [2.24, 2.45) is 0 Å². The van der Waals surface area contributed by atoms with E-state index in [4.69, 9.17) is 0 Å². The largest absolute Gasteiger partial charge is 1.00 e. The van der Waals surface area contributed by atoms with Crippen molar-refractivity contribution in [3.8, 4) is 11.1 Å². The van der Waals surface area contributed by atoms with Gasteiger partial charge < -0.3 is 24.0 Å². The van der Waals surface area contributed by atoms with Crippen LogP contribution >= 0.6 is 0 Å². The Morgan fingerprint density at radius 2 is 1.57 bits per heavy atom. The van der Waals surface area contributed by atoms with Crippen LogP contribution in [0.15, 0.2) is 78.7 Å². The second-order valence-corrected chi connectivity index (χ2v) is 4.45. The van der Waals surface area contributed by atoms with Crippen LogP contribution in [0.25, 0.3) is 11.1 Å². The summed E-state index contributed by atoms with van der Waals surface area (Å²) in [5, 5.41) is 11.2. The monoisotopic (exact) mass is 270 g/mol. The molecule has 0 aliphatic carbocycles. The standard InChI is InChI=1S/C18H17NO.Li/c1-3-18(14(2)20)19-13-15-9-11-17(12-10-15)16-7-5-4-6-8-16;/h3-13,20H,1H2,2H3;/q;-1. The average molecular weight is 270 g/mol. The van der Waals surface area contributed by atoms with Gasteiger partial charge in [-0.25, -0.2) is 4.99 Å². The third-order valence-corrected chi connectivity index (χ3v) is 3.00. The molecule has 0 aliphatic heterocycles. The van der Waals surface area contributed by atoms with Crippen molar-refractivity contribution in [1.82, 2.24) is 0 Å². The molecule has 0 unspecified atom stereocenters. The topological polar surface area (TPSA) is 37.0 Å². The summed E-state index contributed by atoms with van der Waals surface area (Å²) in [7, 11) is 0. The van der Waals surface area contributed by atoms with Gasteiger partial charge in [-0.3, -0.25) is 0 Å². The molecule has 1 N–H and O–H groups in total. The molecule has 2 radical (unpaired) electrons. The Hall–Kier alpha value is -2.01. The summed E-state index contributed by atoms with van der Waals surface area (Å²) in [4.78, 5) is 2.97. The number of rotatable bonds is 4. The van der Waals surface area contributed by atoms with Gasteiger partial charge in [0.25, 0.3) is 0 Å². The normalized spacial score (nSPS) is 11.7. The molecule has 102 valence electrons. The van der Waals surface area contributed by atoms with Crippen molar-refractivity contribution >= 4 is 25.1 Å². The Labute approximate surface area is 137 Å². The predicted molar refractivity (Wildman–Crippen MR) is 86.7 cm³/mol. The maximum Gasteiger partial charge on any atom is 0.190 e. The molecule has 0 heterocycles. The fourth-order valence-corrected chi connectivity index (χ4v) is 1.87. The summed E-state index contributed by atoms with van der Waals surface area (Å²) >= 11 is 0. The zero-order valence-electron chi connectivity index (χ0n) is 12.5. The molecule has 0 fully saturated rings. The number of hydrogen-bond donors (Lipinski definition) is 1. The molecule has 0 amide bonds. The van der Waals surface area contributed by atoms with Crippen molar-refractivity contribution in [2.75, 3.05) is 0 Å². The van der Waals surface area contributed by atoms with Crippen LogP contribution in [0, 0.1) is 0 Å². The van der Waals surface area contributed by atoms with Gasteiger partial charge in [-0.15, -0.1) is 0 Å². The maximum atomic E-state index is 11.2. The summed E-state index contributed by atoms with van der Waals surface area (Å²) in [6, 6.07) is 18.3. The van der Waals surface area contributed by atoms with Crippen LogP contribution in [0.4, 0.5) is 0 Å². The molecule has 0 aliphatic rings. The van der Waals surface area contributed by atoms with Crippen LogP contribution in [-0.2, 0) is 0 Å². The first-order valence-electron chi connectivity index (χ1n) is 6.46. The van der Waals surface area contributed by atoms with Gasteiger partial charge in [-0.2, -0.15) is 0 Å². The van der Waals surface area contributed by atoms with Crippen molar-refractivity contribution in [3.05, 3.63) is 84.3 Å². The van der Waals surface area contributed by atoms with Gasteiger partial charge in [0.1, 0.15) is 0 Å². The molecule has 2 aromatic carbocycles. The molecule has 0 bridgehead atoms. The van der Waals surface area contributed by atoms with E-state index in [1.807, 2.05) is 30.3 Å². The van der Waals surface area contributed by atoms with E-state index in [1.54, 1.807) is 6.21 Å². The van der Waals surface area contributed by atoms with Gasteiger partial charge in [0, 0.05) is 11.6 Å². The smallest absolute Gasteiger partial charge is 0.190 e. The SMILES string of the molecule is C=CC([NH+]=Cc1ccc(-c2ccccc2)cc1)=C(C)[O-].[Li-]. The molecule has 0 atom stereocenters. The minimum Gasteiger partial charge on any atom is -1.00 e. The van der Waals surface area contributed by atoms with E-state index in [9.17, 15) is 5.11 Å². The van der Waals surface area contributed by atoms with E-state index >= 15 is 0 Å². The first-order valence-corrected chi connectivity index (χ1v) is 6.46. The Balaban J connectivity index is 0.00000220. The molecule has 0 saturated carbocycles. The van der Waals surface area contributed by atoms with E-state index in [1.165, 1.54) is 24.1 Å². The van der Waals surface area contributed by atoms with Gasteiger partial charge in [0.05, 0.1) is 0 Å².